The lowest BCUT2D eigenvalue weighted by Gasteiger charge is -2.13. The molecule has 20 aromatic rings. The molecule has 0 spiro atoms. The third kappa shape index (κ3) is 26.4. The number of anilines is 9. The molecular formula is C109H96FN29O7S. The summed E-state index contributed by atoms with van der Waals surface area (Å²) in [5.74, 6) is -2.02. The third-order valence-corrected chi connectivity index (χ3v) is 22.3. The fraction of sp³-hybridized carbons (Fsp3) is 0.0826. The lowest BCUT2D eigenvalue weighted by Crippen LogP contribution is -2.14. The fourth-order valence-corrected chi connectivity index (χ4v) is 15.5. The predicted octanol–water partition coefficient (Wildman–Crippen LogP) is 18.2. The monoisotopic (exact) mass is 1970 g/mol. The normalized spacial score (nSPS) is 10.7. The molecule has 5 amide bonds. The van der Waals surface area contributed by atoms with E-state index in [1.54, 1.807) is 224 Å². The van der Waals surface area contributed by atoms with Crippen LogP contribution >= 0.6 is 0 Å². The Labute approximate surface area is 844 Å². The van der Waals surface area contributed by atoms with Crippen LogP contribution < -0.4 is 47.3 Å². The SMILES string of the molecule is CN(C)c1cccc(-c2cccc(C(=O)Nc3cn(C)nc3-c3ccccn3)n2)c1.CNc1cccc(-c2cccc(C(=O)Nc3cn(C)nc3-c3ccccn3)n2)c1.Cn1cc(NC(=O)c2cccc(-c3ccc(F)cc3)n2)c(-c2ccccn2)n1.Cn1cc(NC(=O)c2cccc(-c3cccc(N)c3)n2)c(-c2ccccn2)n1.Cn1cc(NC(=O)c2cccc(-c3cccc(NS(C)(=O)=O)c3)n2)c(-c2ccccn2)n1. The molecule has 38 heteroatoms. The molecule has 0 unspecified atom stereocenters. The molecule has 0 aliphatic rings. The number of amides is 5. The van der Waals surface area contributed by atoms with Crippen molar-refractivity contribution in [3.05, 3.63) is 400 Å². The van der Waals surface area contributed by atoms with Crippen LogP contribution in [-0.4, -0.2) is 164 Å². The Morgan fingerprint density at radius 2 is 0.558 bits per heavy atom. The van der Waals surface area contributed by atoms with E-state index in [0.717, 1.165) is 51.3 Å². The fourth-order valence-electron chi connectivity index (χ4n) is 15.0. The van der Waals surface area contributed by atoms with E-state index in [4.69, 9.17) is 5.73 Å². The number of sulfonamides is 1. The zero-order chi connectivity index (χ0) is 103. The molecule has 15 heterocycles. The number of aryl methyl sites for hydroxylation is 5. The van der Waals surface area contributed by atoms with Crippen LogP contribution in [0.5, 0.6) is 0 Å². The van der Waals surface area contributed by atoms with Gasteiger partial charge in [-0.3, -0.25) is 77.0 Å². The summed E-state index contributed by atoms with van der Waals surface area (Å²) >= 11 is 0. The zero-order valence-electron chi connectivity index (χ0n) is 80.8. The van der Waals surface area contributed by atoms with E-state index in [1.165, 1.54) is 12.1 Å². The van der Waals surface area contributed by atoms with Gasteiger partial charge in [-0.1, -0.05) is 109 Å². The van der Waals surface area contributed by atoms with Crippen LogP contribution in [0.2, 0.25) is 0 Å². The van der Waals surface area contributed by atoms with Gasteiger partial charge in [-0.2, -0.15) is 25.5 Å². The first-order valence-corrected chi connectivity index (χ1v) is 47.5. The number of hydrogen-bond acceptors (Lipinski definition) is 25. The quantitative estimate of drug-likeness (QED) is 0.0260. The summed E-state index contributed by atoms with van der Waals surface area (Å²) in [5, 5.41) is 39.6. The number of halogens is 1. The van der Waals surface area contributed by atoms with Gasteiger partial charge in [0.15, 0.2) is 0 Å². The first-order chi connectivity index (χ1) is 71.1. The van der Waals surface area contributed by atoms with Gasteiger partial charge in [0.1, 0.15) is 62.8 Å². The minimum absolute atomic E-state index is 0.208. The van der Waals surface area contributed by atoms with Gasteiger partial charge >= 0.3 is 0 Å². The second-order valence-electron chi connectivity index (χ2n) is 33.1. The largest absolute Gasteiger partial charge is 0.399 e. The van der Waals surface area contributed by atoms with E-state index in [0.29, 0.717) is 136 Å². The summed E-state index contributed by atoms with van der Waals surface area (Å²) in [6.45, 7) is 0. The molecule has 0 bridgehead atoms. The number of rotatable bonds is 24. The van der Waals surface area contributed by atoms with Crippen LogP contribution in [0.15, 0.2) is 365 Å². The van der Waals surface area contributed by atoms with Gasteiger partial charge in [-0.15, -0.1) is 0 Å². The summed E-state index contributed by atoms with van der Waals surface area (Å²) in [5.41, 5.74) is 26.9. The number of carbonyl (C=O) groups excluding carboxylic acids is 5. The molecule has 0 radical (unpaired) electrons. The molecule has 0 saturated heterocycles. The Morgan fingerprint density at radius 1 is 0.299 bits per heavy atom. The van der Waals surface area contributed by atoms with Crippen molar-refractivity contribution in [3.8, 4) is 113 Å². The highest BCUT2D eigenvalue weighted by molar-refractivity contribution is 7.92. The summed E-state index contributed by atoms with van der Waals surface area (Å²) < 4.78 is 46.7. The standard InChI is InChI=1S/C23H22N6O.C22H20N6O3S.C22H20N6O.C21H16FN5O.C21H18N6O/c1-28(2)17-9-6-8-16(14-17)18-11-7-12-20(25-18)23(30)26-21-15-29(3)27-22(21)19-10-4-5-13-24-19;1-28-14-20(21(26-28)18-9-3-4-12-23-18)25-22(29)19-11-6-10-17(24-19)15-7-5-8-16(13-15)27-32(2,30)31;1-23-16-8-5-7-15(13-16)17-10-6-11-19(25-17)22(29)26-20-14-28(2)27-21(20)18-9-3-4-12-24-18;1-27-13-19(20(26-27)17-5-2-3-12-23-17)25-21(28)18-7-4-6-16(24-18)14-8-10-15(22)11-9-14;1-27-13-19(20(26-27)17-8-2-3-11-23-17)25-21(28)18-10-5-9-16(24-18)14-6-4-7-15(22)12-14/h4-15H,1-3H3,(H,26,30);3-14,27H,1-2H3,(H,25,29);3-14,23H,1-2H3,(H,26,29);2-13H,1H3,(H,25,28);2-13H,22H2,1H3,(H,25,28). The van der Waals surface area contributed by atoms with Crippen LogP contribution in [0.25, 0.3) is 113 Å². The molecule has 9 N–H and O–H groups in total. The minimum Gasteiger partial charge on any atom is -0.399 e. The number of pyridine rings is 10. The van der Waals surface area contributed by atoms with Crippen LogP contribution in [0, 0.1) is 5.82 Å². The van der Waals surface area contributed by atoms with Gasteiger partial charge < -0.3 is 42.5 Å². The Morgan fingerprint density at radius 3 is 0.837 bits per heavy atom. The summed E-state index contributed by atoms with van der Waals surface area (Å²) in [6, 6.07) is 90.1. The average Bonchev–Trinajstić information content (AvgIpc) is 1.81. The molecule has 20 rings (SSSR count). The van der Waals surface area contributed by atoms with Gasteiger partial charge in [0, 0.05) is 169 Å². The van der Waals surface area contributed by atoms with E-state index in [-0.39, 0.29) is 40.8 Å². The first-order valence-electron chi connectivity index (χ1n) is 45.6. The van der Waals surface area contributed by atoms with Crippen molar-refractivity contribution in [2.45, 2.75) is 0 Å². The maximum Gasteiger partial charge on any atom is 0.274 e. The zero-order valence-corrected chi connectivity index (χ0v) is 81.6. The molecule has 36 nitrogen and oxygen atoms in total. The highest BCUT2D eigenvalue weighted by Gasteiger charge is 2.24. The van der Waals surface area contributed by atoms with Crippen LogP contribution in [0.3, 0.4) is 0 Å². The molecule has 15 aromatic heterocycles. The van der Waals surface area contributed by atoms with Crippen molar-refractivity contribution in [1.82, 2.24) is 98.7 Å². The molecule has 147 heavy (non-hydrogen) atoms. The molecular weight excluding hydrogens is 1880 g/mol. The molecule has 0 atom stereocenters. The number of nitrogen functional groups attached to an aromatic ring is 1. The van der Waals surface area contributed by atoms with E-state index >= 15 is 0 Å². The number of nitrogens with zero attached hydrogens (tertiary/aromatic N) is 21. The lowest BCUT2D eigenvalue weighted by molar-refractivity contribution is 0.101. The van der Waals surface area contributed by atoms with Gasteiger partial charge in [-0.05, 0) is 194 Å². The summed E-state index contributed by atoms with van der Waals surface area (Å²) in [7, 11) is 11.4. The number of benzene rings is 5. The molecule has 732 valence electrons. The summed E-state index contributed by atoms with van der Waals surface area (Å²) in [6.07, 6.45) is 18.2. The van der Waals surface area contributed by atoms with E-state index in [9.17, 15) is 36.8 Å². The lowest BCUT2D eigenvalue weighted by atomic mass is 10.1. The Kier molecular flexibility index (Phi) is 31.6. The number of hydrogen-bond donors (Lipinski definition) is 8. The van der Waals surface area contributed by atoms with Crippen molar-refractivity contribution in [1.29, 1.82) is 0 Å². The molecule has 0 saturated carbocycles. The van der Waals surface area contributed by atoms with Crippen LogP contribution in [-0.2, 0) is 45.3 Å². The second kappa shape index (κ2) is 46.4. The maximum atomic E-state index is 13.1. The molecule has 5 aromatic carbocycles. The highest BCUT2D eigenvalue weighted by Crippen LogP contribution is 2.34. The van der Waals surface area contributed by atoms with Crippen molar-refractivity contribution >= 4 is 90.7 Å². The van der Waals surface area contributed by atoms with E-state index < -0.39 is 15.9 Å². The van der Waals surface area contributed by atoms with Gasteiger partial charge in [0.05, 0.1) is 91.6 Å². The minimum atomic E-state index is -3.40. The molecule has 0 aliphatic carbocycles. The second-order valence-corrected chi connectivity index (χ2v) is 34.8. The van der Waals surface area contributed by atoms with Gasteiger partial charge in [0.25, 0.3) is 29.5 Å². The van der Waals surface area contributed by atoms with Gasteiger partial charge in [-0.25, -0.2) is 37.7 Å². The Hall–Kier alpha value is -19.9. The summed E-state index contributed by atoms with van der Waals surface area (Å²) in [4.78, 5) is 110. The van der Waals surface area contributed by atoms with Crippen molar-refractivity contribution in [2.24, 2.45) is 35.2 Å². The number of nitrogens with one attached hydrogen (secondary N) is 7. The maximum absolute atomic E-state index is 13.1. The van der Waals surface area contributed by atoms with Crippen molar-refractivity contribution < 1.29 is 36.8 Å². The molecule has 0 aliphatic heterocycles. The Balaban J connectivity index is 0.000000131. The number of aromatic nitrogens is 20. The van der Waals surface area contributed by atoms with Crippen LogP contribution in [0.4, 0.5) is 55.6 Å². The molecule has 0 fully saturated rings. The van der Waals surface area contributed by atoms with Gasteiger partial charge in [0.2, 0.25) is 10.0 Å². The Bertz CT molecular complexity index is 8200. The third-order valence-electron chi connectivity index (χ3n) is 21.7. The van der Waals surface area contributed by atoms with Crippen LogP contribution in [0.1, 0.15) is 52.4 Å². The average molecular weight is 1980 g/mol. The number of nitrogens with two attached hydrogens (primary N) is 1. The van der Waals surface area contributed by atoms with Crippen molar-refractivity contribution in [2.75, 3.05) is 74.7 Å². The topological polar surface area (TPSA) is 451 Å². The predicted molar refractivity (Wildman–Crippen MR) is 567 cm³/mol. The smallest absolute Gasteiger partial charge is 0.274 e. The van der Waals surface area contributed by atoms with E-state index in [2.05, 4.69) is 112 Å². The van der Waals surface area contributed by atoms with Crippen molar-refractivity contribution in [3.63, 3.8) is 0 Å². The highest BCUT2D eigenvalue weighted by atomic mass is 32.2. The number of carbonyl (C=O) groups is 5. The first kappa shape index (κ1) is 100. The van der Waals surface area contributed by atoms with E-state index in [1.807, 2.05) is 214 Å².